The number of carbonyl (C=O) groups excluding carboxylic acids is 2. The minimum Gasteiger partial charge on any atom is -0.446 e. The van der Waals surface area contributed by atoms with Crippen molar-refractivity contribution in [1.82, 2.24) is 15.2 Å². The molecule has 1 aromatic heterocycles. The van der Waals surface area contributed by atoms with E-state index >= 15 is 0 Å². The third kappa shape index (κ3) is 11.8. The normalized spacial score (nSPS) is 17.2. The molecule has 1 aromatic carbocycles. The van der Waals surface area contributed by atoms with Crippen molar-refractivity contribution in [2.45, 2.75) is 103 Å². The van der Waals surface area contributed by atoms with Gasteiger partial charge in [-0.3, -0.25) is 4.90 Å². The van der Waals surface area contributed by atoms with Crippen LogP contribution in [0.4, 0.5) is 54.8 Å². The molecule has 0 spiro atoms. The second kappa shape index (κ2) is 16.4. The monoisotopic (exact) mass is 770 g/mol. The average Bonchev–Trinajstić information content (AvgIpc) is 3.01. The Morgan fingerprint density at radius 3 is 2.11 bits per heavy atom. The number of nitrogens with two attached hydrogens (primary N) is 1. The average molecular weight is 771 g/mol. The molecule has 12 nitrogen and oxygen atoms in total. The lowest BCUT2D eigenvalue weighted by Crippen LogP contribution is -2.50. The Hall–Kier alpha value is -4.85. The van der Waals surface area contributed by atoms with Gasteiger partial charge in [-0.05, 0) is 88.6 Å². The molecule has 0 saturated carbocycles. The molecule has 1 aliphatic rings. The Labute approximate surface area is 298 Å². The van der Waals surface area contributed by atoms with Crippen LogP contribution in [0.1, 0.15) is 88.5 Å². The van der Waals surface area contributed by atoms with Crippen LogP contribution < -0.4 is 16.0 Å². The maximum atomic E-state index is 14.0. The van der Waals surface area contributed by atoms with Crippen LogP contribution in [0, 0.1) is 0 Å². The number of aromatic nitrogens is 1. The van der Waals surface area contributed by atoms with Crippen LogP contribution in [0.25, 0.3) is 0 Å². The molecule has 3 N–H and O–H groups in total. The molecule has 294 valence electrons. The van der Waals surface area contributed by atoms with E-state index in [4.69, 9.17) is 15.2 Å². The van der Waals surface area contributed by atoms with E-state index in [1.165, 1.54) is 0 Å². The van der Waals surface area contributed by atoms with E-state index < -0.39 is 95.1 Å². The van der Waals surface area contributed by atoms with Gasteiger partial charge in [0, 0.05) is 19.1 Å². The number of guanidine groups is 1. The van der Waals surface area contributed by atoms with E-state index in [2.05, 4.69) is 25.7 Å². The molecule has 2 amide bonds. The quantitative estimate of drug-likeness (QED) is 0.0650. The predicted molar refractivity (Wildman–Crippen MR) is 172 cm³/mol. The van der Waals surface area contributed by atoms with Gasteiger partial charge < -0.3 is 25.4 Å². The van der Waals surface area contributed by atoms with Gasteiger partial charge in [-0.15, -0.1) is 0 Å². The van der Waals surface area contributed by atoms with E-state index in [9.17, 15) is 49.1 Å². The first-order valence-corrected chi connectivity index (χ1v) is 16.1. The summed E-state index contributed by atoms with van der Waals surface area (Å²) in [7, 11) is 0. The van der Waals surface area contributed by atoms with Gasteiger partial charge in [0.05, 0.1) is 41.2 Å². The van der Waals surface area contributed by atoms with Crippen LogP contribution in [0.2, 0.25) is 0 Å². The summed E-state index contributed by atoms with van der Waals surface area (Å²) in [6.45, 7) is 8.50. The number of carbonyl (C=O) groups is 2. The summed E-state index contributed by atoms with van der Waals surface area (Å²) in [5, 5.41) is 13.4. The topological polar surface area (TPSA) is 147 Å². The van der Waals surface area contributed by atoms with Crippen LogP contribution in [0.15, 0.2) is 45.8 Å². The lowest BCUT2D eigenvalue weighted by Gasteiger charge is -2.43. The minimum atomic E-state index is -5.22. The molecule has 2 atom stereocenters. The second-order valence-electron chi connectivity index (χ2n) is 13.1. The fourth-order valence-corrected chi connectivity index (χ4v) is 5.24. The van der Waals surface area contributed by atoms with E-state index in [-0.39, 0.29) is 37.7 Å². The highest BCUT2D eigenvalue weighted by molar-refractivity contribution is 5.90. The van der Waals surface area contributed by atoms with Gasteiger partial charge in [-0.1, -0.05) is 12.0 Å². The Morgan fingerprint density at radius 1 is 1.00 bits per heavy atom. The third-order valence-electron chi connectivity index (χ3n) is 7.39. The predicted octanol–water partition coefficient (Wildman–Crippen LogP) is 8.42. The van der Waals surface area contributed by atoms with Crippen LogP contribution in [-0.2, 0) is 34.5 Å². The number of benzene rings is 1. The van der Waals surface area contributed by atoms with Crippen LogP contribution in [-0.4, -0.2) is 58.9 Å². The van der Waals surface area contributed by atoms with Gasteiger partial charge in [0.1, 0.15) is 11.3 Å². The number of anilines is 1. The lowest BCUT2D eigenvalue weighted by atomic mass is 9.91. The van der Waals surface area contributed by atoms with Crippen LogP contribution in [0.5, 0.6) is 0 Å². The number of ether oxygens (including phenoxy) is 2. The Morgan fingerprint density at radius 2 is 1.60 bits per heavy atom. The number of nitrogens with one attached hydrogen (secondary N) is 1. The number of alkyl carbamates (subject to hydrolysis) is 1. The molecule has 0 saturated heterocycles. The SMILES string of the molecule is CCC1CC(N(Cc2cc(C(F)(F)F)cc(C(F)(F)F)c2)C(N)=NN=NCCNC(=O)OC(C)(C)C)c2nc(C(F)(F)F)ccc2N1C(=O)OC(C)C. The zero-order valence-electron chi connectivity index (χ0n) is 29.4. The van der Waals surface area contributed by atoms with Crippen molar-refractivity contribution in [2.75, 3.05) is 18.0 Å². The van der Waals surface area contributed by atoms with Gasteiger partial charge in [0.2, 0.25) is 5.96 Å². The van der Waals surface area contributed by atoms with Crippen LogP contribution >= 0.6 is 0 Å². The van der Waals surface area contributed by atoms with Gasteiger partial charge in [-0.2, -0.15) is 44.6 Å². The summed E-state index contributed by atoms with van der Waals surface area (Å²) in [5.74, 6) is -0.678. The largest absolute Gasteiger partial charge is 0.446 e. The number of hydrogen-bond donors (Lipinski definition) is 2. The summed E-state index contributed by atoms with van der Waals surface area (Å²) in [5.41, 5.74) is -0.446. The van der Waals surface area contributed by atoms with Gasteiger partial charge in [0.15, 0.2) is 0 Å². The smallest absolute Gasteiger partial charge is 0.433 e. The molecular weight excluding hydrogens is 731 g/mol. The molecule has 2 heterocycles. The van der Waals surface area contributed by atoms with Crippen LogP contribution in [0.3, 0.4) is 0 Å². The third-order valence-corrected chi connectivity index (χ3v) is 7.39. The first-order chi connectivity index (χ1) is 24.3. The number of fused-ring (bicyclic) bond motifs is 1. The zero-order chi connectivity index (χ0) is 40.1. The maximum absolute atomic E-state index is 14.0. The fourth-order valence-electron chi connectivity index (χ4n) is 5.24. The summed E-state index contributed by atoms with van der Waals surface area (Å²) in [4.78, 5) is 30.9. The molecule has 2 unspecified atom stereocenters. The van der Waals surface area contributed by atoms with Crippen molar-refractivity contribution in [3.05, 3.63) is 58.4 Å². The number of pyridine rings is 1. The summed E-state index contributed by atoms with van der Waals surface area (Å²) in [6.07, 6.45) is -17.9. The van der Waals surface area contributed by atoms with Crippen molar-refractivity contribution in [1.29, 1.82) is 0 Å². The number of hydrogen-bond acceptors (Lipinski definition) is 7. The van der Waals surface area contributed by atoms with Gasteiger partial charge in [-0.25, -0.2) is 14.6 Å². The van der Waals surface area contributed by atoms with E-state index in [1.54, 1.807) is 41.5 Å². The first-order valence-electron chi connectivity index (χ1n) is 16.1. The number of alkyl halides is 9. The molecule has 2 aromatic rings. The number of halogens is 9. The van der Waals surface area contributed by atoms with Crippen molar-refractivity contribution in [3.8, 4) is 0 Å². The molecule has 53 heavy (non-hydrogen) atoms. The number of rotatable bonds is 9. The van der Waals surface area contributed by atoms with E-state index in [0.29, 0.717) is 18.2 Å². The van der Waals surface area contributed by atoms with Crippen molar-refractivity contribution >= 4 is 23.8 Å². The van der Waals surface area contributed by atoms with Gasteiger partial charge in [0.25, 0.3) is 0 Å². The van der Waals surface area contributed by atoms with E-state index in [1.807, 2.05) is 0 Å². The molecule has 0 aliphatic carbocycles. The molecule has 21 heteroatoms. The summed E-state index contributed by atoms with van der Waals surface area (Å²) >= 11 is 0. The maximum Gasteiger partial charge on any atom is 0.433 e. The highest BCUT2D eigenvalue weighted by Crippen LogP contribution is 2.44. The first kappa shape index (κ1) is 42.6. The van der Waals surface area contributed by atoms with E-state index in [0.717, 1.165) is 15.9 Å². The fraction of sp³-hybridized carbons (Fsp3) is 0.562. The van der Waals surface area contributed by atoms with Crippen molar-refractivity contribution in [3.63, 3.8) is 0 Å². The summed E-state index contributed by atoms with van der Waals surface area (Å²) < 4.78 is 135. The van der Waals surface area contributed by atoms with Crippen molar-refractivity contribution < 1.29 is 58.6 Å². The highest BCUT2D eigenvalue weighted by atomic mass is 19.4. The Balaban J connectivity index is 2.18. The second-order valence-corrected chi connectivity index (χ2v) is 13.1. The Kier molecular flexibility index (Phi) is 13.2. The summed E-state index contributed by atoms with van der Waals surface area (Å²) in [6, 6.07) is 0.128. The minimum absolute atomic E-state index is 0.0801. The van der Waals surface area contributed by atoms with Crippen molar-refractivity contribution in [2.24, 2.45) is 21.2 Å². The Bertz CT molecular complexity index is 1640. The highest BCUT2D eigenvalue weighted by Gasteiger charge is 2.44. The molecular formula is C32H39F9N8O4. The molecule has 0 bridgehead atoms. The van der Waals surface area contributed by atoms with Gasteiger partial charge >= 0.3 is 30.7 Å². The molecule has 0 radical (unpaired) electrons. The number of nitrogens with zero attached hydrogens (tertiary/aromatic N) is 6. The zero-order valence-corrected chi connectivity index (χ0v) is 29.4. The molecule has 0 fully saturated rings. The molecule has 3 rings (SSSR count). The number of amides is 2. The molecule has 1 aliphatic heterocycles. The lowest BCUT2D eigenvalue weighted by molar-refractivity contribution is -0.143. The standard InChI is InChI=1S/C32H39F9N8O4/c1-7-21-15-23(25-22(49(21)28(51)52-17(2)3)8-9-24(45-25)32(39,40)41)48(26(42)46-47-44-11-10-43-27(50)53-29(4,5)6)16-18-12-19(30(33,34)35)14-20(13-18)31(36,37)38/h8-9,12-14,17,21,23H,7,10-11,15-16H2,1-6H3,(H,43,50)(H2,42,44,46).